The van der Waals surface area contributed by atoms with Crippen LogP contribution in [0, 0.1) is 0 Å². The van der Waals surface area contributed by atoms with Crippen LogP contribution in [0.2, 0.25) is 0 Å². The molecule has 4 heteroatoms. The van der Waals surface area contributed by atoms with Gasteiger partial charge in [-0.05, 0) is 44.9 Å². The van der Waals surface area contributed by atoms with Gasteiger partial charge >= 0.3 is 11.9 Å². The Hall–Kier alpha value is -1.58. The molecule has 0 unspecified atom stereocenters. The molecule has 0 aliphatic rings. The summed E-state index contributed by atoms with van der Waals surface area (Å²) in [7, 11) is 0. The van der Waals surface area contributed by atoms with E-state index in [9.17, 15) is 9.59 Å². The Balaban J connectivity index is 3.19. The first-order valence-corrected chi connectivity index (χ1v) is 12.4. The number of aliphatic carboxylic acids is 2. The Kier molecular flexibility index (Phi) is 22.4. The number of carboxylic acid groups (broad SMARTS) is 2. The van der Waals surface area contributed by atoms with E-state index in [0.29, 0.717) is 12.8 Å². The first-order valence-electron chi connectivity index (χ1n) is 12.4. The molecule has 4 nitrogen and oxygen atoms in total. The Morgan fingerprint density at radius 1 is 0.433 bits per heavy atom. The first kappa shape index (κ1) is 28.4. The van der Waals surface area contributed by atoms with E-state index in [1.807, 2.05) is 0 Å². The molecule has 2 N–H and O–H groups in total. The summed E-state index contributed by atoms with van der Waals surface area (Å²) < 4.78 is 0. The van der Waals surface area contributed by atoms with Gasteiger partial charge in [0.1, 0.15) is 0 Å². The predicted octanol–water partition coefficient (Wildman–Crippen LogP) is 8.07. The van der Waals surface area contributed by atoms with Crippen LogP contribution in [0.15, 0.2) is 24.3 Å². The van der Waals surface area contributed by atoms with Crippen LogP contribution in [-0.4, -0.2) is 22.2 Å². The van der Waals surface area contributed by atoms with Gasteiger partial charge in [0.05, 0.1) is 0 Å². The molecule has 0 aromatic carbocycles. The summed E-state index contributed by atoms with van der Waals surface area (Å²) in [6.45, 7) is 0. The monoisotopic (exact) mass is 422 g/mol. The van der Waals surface area contributed by atoms with Crippen molar-refractivity contribution in [2.75, 3.05) is 0 Å². The third-order valence-corrected chi connectivity index (χ3v) is 5.38. The fraction of sp³-hybridized carbons (Fsp3) is 0.769. The van der Waals surface area contributed by atoms with Crippen molar-refractivity contribution in [3.63, 3.8) is 0 Å². The molecule has 0 aromatic rings. The fourth-order valence-corrected chi connectivity index (χ4v) is 3.53. The van der Waals surface area contributed by atoms with Crippen molar-refractivity contribution in [1.82, 2.24) is 0 Å². The van der Waals surface area contributed by atoms with Crippen molar-refractivity contribution in [1.29, 1.82) is 0 Å². The van der Waals surface area contributed by atoms with E-state index in [1.165, 1.54) is 70.6 Å². The van der Waals surface area contributed by atoms with Gasteiger partial charge in [0.15, 0.2) is 0 Å². The standard InChI is InChI=1S/C26H46O4/c27-25(28)23-21-19-17-15-13-11-9-7-5-3-1-2-4-6-8-10-12-14-16-18-20-22-24-26(29)30/h1-2,5,7H,3-4,6,8-24H2,(H,27,28)(H,29,30). The largest absolute Gasteiger partial charge is 0.481 e. The number of rotatable bonds is 23. The molecular formula is C26H46O4. The fourth-order valence-electron chi connectivity index (χ4n) is 3.53. The molecule has 0 radical (unpaired) electrons. The van der Waals surface area contributed by atoms with E-state index in [0.717, 1.165) is 44.9 Å². The maximum Gasteiger partial charge on any atom is 0.303 e. The van der Waals surface area contributed by atoms with Gasteiger partial charge in [-0.1, -0.05) is 94.9 Å². The maximum atomic E-state index is 10.4. The van der Waals surface area contributed by atoms with E-state index in [4.69, 9.17) is 10.2 Å². The van der Waals surface area contributed by atoms with Crippen molar-refractivity contribution in [2.24, 2.45) is 0 Å². The SMILES string of the molecule is O=C(O)CCCCCCCCC=CCC=CCCCCCCCCCCCC(=O)O. The van der Waals surface area contributed by atoms with Crippen molar-refractivity contribution >= 4 is 11.9 Å². The molecular weight excluding hydrogens is 376 g/mol. The Bertz CT molecular complexity index is 454. The average molecular weight is 423 g/mol. The zero-order valence-corrected chi connectivity index (χ0v) is 19.2. The van der Waals surface area contributed by atoms with Gasteiger partial charge in [-0.2, -0.15) is 0 Å². The Morgan fingerprint density at radius 2 is 0.733 bits per heavy atom. The maximum absolute atomic E-state index is 10.4. The molecule has 0 saturated carbocycles. The normalized spacial score (nSPS) is 11.6. The summed E-state index contributed by atoms with van der Waals surface area (Å²) in [6, 6.07) is 0. The van der Waals surface area contributed by atoms with E-state index < -0.39 is 11.9 Å². The van der Waals surface area contributed by atoms with Gasteiger partial charge in [-0.15, -0.1) is 0 Å². The number of unbranched alkanes of at least 4 members (excludes halogenated alkanes) is 15. The quantitative estimate of drug-likeness (QED) is 0.129. The van der Waals surface area contributed by atoms with Crippen LogP contribution in [0.25, 0.3) is 0 Å². The number of carbonyl (C=O) groups is 2. The highest BCUT2D eigenvalue weighted by Gasteiger charge is 1.97. The third-order valence-electron chi connectivity index (χ3n) is 5.38. The lowest BCUT2D eigenvalue weighted by atomic mass is 10.1. The van der Waals surface area contributed by atoms with Crippen LogP contribution in [0.1, 0.15) is 128 Å². The summed E-state index contributed by atoms with van der Waals surface area (Å²) in [5.41, 5.74) is 0. The Morgan fingerprint density at radius 3 is 1.07 bits per heavy atom. The van der Waals surface area contributed by atoms with Gasteiger partial charge < -0.3 is 10.2 Å². The molecule has 0 aliphatic carbocycles. The highest BCUT2D eigenvalue weighted by atomic mass is 16.4. The highest BCUT2D eigenvalue weighted by molar-refractivity contribution is 5.66. The molecule has 30 heavy (non-hydrogen) atoms. The van der Waals surface area contributed by atoms with E-state index >= 15 is 0 Å². The van der Waals surface area contributed by atoms with Crippen LogP contribution in [-0.2, 0) is 9.59 Å². The third kappa shape index (κ3) is 26.4. The molecule has 0 aliphatic heterocycles. The number of carboxylic acids is 2. The van der Waals surface area contributed by atoms with Gasteiger partial charge in [0.2, 0.25) is 0 Å². The second kappa shape index (κ2) is 23.7. The molecule has 0 rings (SSSR count). The zero-order valence-electron chi connectivity index (χ0n) is 19.2. The molecule has 174 valence electrons. The lowest BCUT2D eigenvalue weighted by Gasteiger charge is -2.01. The van der Waals surface area contributed by atoms with Gasteiger partial charge in [-0.3, -0.25) is 9.59 Å². The summed E-state index contributed by atoms with van der Waals surface area (Å²) in [6.07, 6.45) is 30.7. The zero-order chi connectivity index (χ0) is 22.1. The lowest BCUT2D eigenvalue weighted by molar-refractivity contribution is -0.138. The average Bonchev–Trinajstić information content (AvgIpc) is 2.70. The molecule has 0 amide bonds. The molecule has 0 spiro atoms. The summed E-state index contributed by atoms with van der Waals surface area (Å²) >= 11 is 0. The lowest BCUT2D eigenvalue weighted by Crippen LogP contribution is -1.93. The van der Waals surface area contributed by atoms with E-state index in [-0.39, 0.29) is 0 Å². The first-order chi connectivity index (χ1) is 14.6. The van der Waals surface area contributed by atoms with Crippen molar-refractivity contribution in [3.05, 3.63) is 24.3 Å². The van der Waals surface area contributed by atoms with Crippen LogP contribution < -0.4 is 0 Å². The summed E-state index contributed by atoms with van der Waals surface area (Å²) in [5.74, 6) is -1.35. The molecule has 0 saturated heterocycles. The van der Waals surface area contributed by atoms with Gasteiger partial charge in [0, 0.05) is 12.8 Å². The van der Waals surface area contributed by atoms with Gasteiger partial charge in [-0.25, -0.2) is 0 Å². The smallest absolute Gasteiger partial charge is 0.303 e. The molecule has 0 aromatic heterocycles. The van der Waals surface area contributed by atoms with Crippen LogP contribution in [0.5, 0.6) is 0 Å². The topological polar surface area (TPSA) is 74.6 Å². The predicted molar refractivity (Wildman–Crippen MR) is 126 cm³/mol. The Labute approximate surface area is 184 Å². The second-order valence-corrected chi connectivity index (χ2v) is 8.35. The van der Waals surface area contributed by atoms with Crippen LogP contribution in [0.4, 0.5) is 0 Å². The minimum Gasteiger partial charge on any atom is -0.481 e. The van der Waals surface area contributed by atoms with Crippen LogP contribution >= 0.6 is 0 Å². The van der Waals surface area contributed by atoms with Gasteiger partial charge in [0.25, 0.3) is 0 Å². The highest BCUT2D eigenvalue weighted by Crippen LogP contribution is 2.12. The number of hydrogen-bond donors (Lipinski definition) is 2. The summed E-state index contributed by atoms with van der Waals surface area (Å²) in [4.78, 5) is 20.8. The van der Waals surface area contributed by atoms with Crippen molar-refractivity contribution < 1.29 is 19.8 Å². The van der Waals surface area contributed by atoms with E-state index in [2.05, 4.69) is 24.3 Å². The minimum absolute atomic E-state index is 0.315. The minimum atomic E-state index is -0.677. The number of hydrogen-bond acceptors (Lipinski definition) is 2. The molecule has 0 bridgehead atoms. The molecule has 0 atom stereocenters. The molecule has 0 fully saturated rings. The summed E-state index contributed by atoms with van der Waals surface area (Å²) in [5, 5.41) is 17.1. The van der Waals surface area contributed by atoms with Crippen molar-refractivity contribution in [3.8, 4) is 0 Å². The van der Waals surface area contributed by atoms with Crippen molar-refractivity contribution in [2.45, 2.75) is 128 Å². The second-order valence-electron chi connectivity index (χ2n) is 8.35. The number of allylic oxidation sites excluding steroid dienone is 4. The van der Waals surface area contributed by atoms with E-state index in [1.54, 1.807) is 0 Å². The van der Waals surface area contributed by atoms with Crippen LogP contribution in [0.3, 0.4) is 0 Å². The molecule has 0 heterocycles.